The number of halogens is 3. The molecule has 0 saturated carbocycles. The second-order valence-corrected chi connectivity index (χ2v) is 4.06. The van der Waals surface area contributed by atoms with Crippen molar-refractivity contribution >= 4 is 11.6 Å². The summed E-state index contributed by atoms with van der Waals surface area (Å²) in [6, 6.07) is 3.13. The number of ether oxygens (including phenoxy) is 1. The van der Waals surface area contributed by atoms with E-state index in [0.717, 1.165) is 6.07 Å². The first-order valence-electron chi connectivity index (χ1n) is 5.82. The molecule has 0 aliphatic rings. The minimum absolute atomic E-state index is 0.170. The summed E-state index contributed by atoms with van der Waals surface area (Å²) < 4.78 is 44.1. The third-order valence-electron chi connectivity index (χ3n) is 2.44. The quantitative estimate of drug-likeness (QED) is 0.879. The number of carbonyl (C=O) groups excluding carboxylic acids is 1. The number of benzene rings is 1. The van der Waals surface area contributed by atoms with Gasteiger partial charge < -0.3 is 10.1 Å². The maximum Gasteiger partial charge on any atom is 0.262 e. The molecule has 0 saturated heterocycles. The van der Waals surface area contributed by atoms with Gasteiger partial charge in [0.15, 0.2) is 24.1 Å². The van der Waals surface area contributed by atoms with Crippen molar-refractivity contribution in [2.45, 2.75) is 6.92 Å². The van der Waals surface area contributed by atoms with Gasteiger partial charge in [-0.15, -0.1) is 0 Å². The van der Waals surface area contributed by atoms with E-state index in [1.165, 1.54) is 12.4 Å². The van der Waals surface area contributed by atoms with Gasteiger partial charge in [0.05, 0.1) is 5.69 Å². The molecule has 0 aliphatic heterocycles. The molecule has 110 valence electrons. The molecule has 0 unspecified atom stereocenters. The minimum atomic E-state index is -1.65. The van der Waals surface area contributed by atoms with Crippen LogP contribution in [0.2, 0.25) is 0 Å². The summed E-state index contributed by atoms with van der Waals surface area (Å²) in [6.07, 6.45) is 1.26. The van der Waals surface area contributed by atoms with Crippen LogP contribution in [0.4, 0.5) is 18.9 Å². The predicted octanol–water partition coefficient (Wildman–Crippen LogP) is 2.22. The summed E-state index contributed by atoms with van der Waals surface area (Å²) in [4.78, 5) is 19.2. The first-order chi connectivity index (χ1) is 9.97. The van der Waals surface area contributed by atoms with E-state index < -0.39 is 35.7 Å². The zero-order valence-corrected chi connectivity index (χ0v) is 10.9. The third kappa shape index (κ3) is 3.68. The van der Waals surface area contributed by atoms with Crippen LogP contribution in [-0.4, -0.2) is 22.5 Å². The zero-order valence-electron chi connectivity index (χ0n) is 10.9. The van der Waals surface area contributed by atoms with Gasteiger partial charge in [-0.3, -0.25) is 4.79 Å². The van der Waals surface area contributed by atoms with Crippen LogP contribution in [0.3, 0.4) is 0 Å². The number of amides is 1. The first-order valence-corrected chi connectivity index (χ1v) is 5.82. The van der Waals surface area contributed by atoms with Gasteiger partial charge in [-0.2, -0.15) is 0 Å². The lowest BCUT2D eigenvalue weighted by Crippen LogP contribution is -2.21. The molecule has 1 aromatic heterocycles. The predicted molar refractivity (Wildman–Crippen MR) is 67.2 cm³/mol. The van der Waals surface area contributed by atoms with Crippen molar-refractivity contribution in [3.05, 3.63) is 47.7 Å². The van der Waals surface area contributed by atoms with E-state index in [1.807, 2.05) is 0 Å². The van der Waals surface area contributed by atoms with Crippen LogP contribution >= 0.6 is 0 Å². The van der Waals surface area contributed by atoms with Crippen LogP contribution in [0.15, 0.2) is 24.5 Å². The molecular formula is C13H10F3N3O2. The van der Waals surface area contributed by atoms with Gasteiger partial charge in [-0.1, -0.05) is 0 Å². The Morgan fingerprint density at radius 3 is 2.71 bits per heavy atom. The monoisotopic (exact) mass is 297 g/mol. The van der Waals surface area contributed by atoms with Gasteiger partial charge in [0.2, 0.25) is 5.88 Å². The van der Waals surface area contributed by atoms with Gasteiger partial charge in [0, 0.05) is 11.8 Å². The summed E-state index contributed by atoms with van der Waals surface area (Å²) in [5, 5.41) is 2.07. The van der Waals surface area contributed by atoms with E-state index in [2.05, 4.69) is 15.3 Å². The summed E-state index contributed by atoms with van der Waals surface area (Å²) >= 11 is 0. The van der Waals surface area contributed by atoms with Crippen molar-refractivity contribution in [3.8, 4) is 5.88 Å². The van der Waals surface area contributed by atoms with E-state index in [1.54, 1.807) is 6.92 Å². The standard InChI is InChI=1S/C13H10F3N3O2/c1-7-4-11(18-6-17-7)21-5-10(20)19-9-3-2-8(14)12(15)13(9)16/h2-4,6H,5H2,1H3,(H,19,20). The van der Waals surface area contributed by atoms with Crippen molar-refractivity contribution in [2.75, 3.05) is 11.9 Å². The average molecular weight is 297 g/mol. The molecule has 1 heterocycles. The molecule has 0 atom stereocenters. The van der Waals surface area contributed by atoms with Crippen LogP contribution < -0.4 is 10.1 Å². The average Bonchev–Trinajstić information content (AvgIpc) is 2.46. The number of anilines is 1. The molecule has 1 N–H and O–H groups in total. The fourth-order valence-electron chi connectivity index (χ4n) is 1.46. The van der Waals surface area contributed by atoms with Gasteiger partial charge in [-0.05, 0) is 19.1 Å². The maximum absolute atomic E-state index is 13.3. The lowest BCUT2D eigenvalue weighted by Gasteiger charge is -2.08. The molecule has 2 aromatic rings. The van der Waals surface area contributed by atoms with Crippen LogP contribution in [-0.2, 0) is 4.79 Å². The Hall–Kier alpha value is -2.64. The lowest BCUT2D eigenvalue weighted by atomic mass is 10.3. The summed E-state index contributed by atoms with van der Waals surface area (Å²) in [6.45, 7) is 1.25. The lowest BCUT2D eigenvalue weighted by molar-refractivity contribution is -0.118. The molecule has 0 spiro atoms. The van der Waals surface area contributed by atoms with Crippen molar-refractivity contribution in [2.24, 2.45) is 0 Å². The number of nitrogens with one attached hydrogen (secondary N) is 1. The SMILES string of the molecule is Cc1cc(OCC(=O)Nc2ccc(F)c(F)c2F)ncn1. The number of rotatable bonds is 4. The van der Waals surface area contributed by atoms with Crippen molar-refractivity contribution in [1.82, 2.24) is 9.97 Å². The molecule has 5 nitrogen and oxygen atoms in total. The number of hydrogen-bond donors (Lipinski definition) is 1. The highest BCUT2D eigenvalue weighted by Gasteiger charge is 2.15. The number of hydrogen-bond acceptors (Lipinski definition) is 4. The molecule has 0 radical (unpaired) electrons. The molecule has 21 heavy (non-hydrogen) atoms. The minimum Gasteiger partial charge on any atom is -0.467 e. The van der Waals surface area contributed by atoms with Gasteiger partial charge in [0.25, 0.3) is 5.91 Å². The summed E-state index contributed by atoms with van der Waals surface area (Å²) in [5.41, 5.74) is 0.174. The molecule has 8 heteroatoms. The Balaban J connectivity index is 1.98. The molecule has 1 amide bonds. The Bertz CT molecular complexity index is 680. The van der Waals surface area contributed by atoms with Crippen LogP contribution in [0.1, 0.15) is 5.69 Å². The molecule has 1 aromatic carbocycles. The first kappa shape index (κ1) is 14.8. The van der Waals surface area contributed by atoms with E-state index >= 15 is 0 Å². The summed E-state index contributed by atoms with van der Waals surface area (Å²) in [7, 11) is 0. The van der Waals surface area contributed by atoms with E-state index in [0.29, 0.717) is 11.8 Å². The largest absolute Gasteiger partial charge is 0.467 e. The van der Waals surface area contributed by atoms with Crippen molar-refractivity contribution < 1.29 is 22.7 Å². The fraction of sp³-hybridized carbons (Fsp3) is 0.154. The van der Waals surface area contributed by atoms with Crippen molar-refractivity contribution in [3.63, 3.8) is 0 Å². The number of aromatic nitrogens is 2. The third-order valence-corrected chi connectivity index (χ3v) is 2.44. The normalized spacial score (nSPS) is 10.3. The number of aryl methyl sites for hydroxylation is 1. The molecule has 0 fully saturated rings. The highest BCUT2D eigenvalue weighted by molar-refractivity contribution is 5.91. The van der Waals surface area contributed by atoms with Crippen LogP contribution in [0.25, 0.3) is 0 Å². The summed E-state index contributed by atoms with van der Waals surface area (Å²) in [5.74, 6) is -5.03. The van der Waals surface area contributed by atoms with Gasteiger partial charge in [0.1, 0.15) is 6.33 Å². The Morgan fingerprint density at radius 1 is 1.24 bits per heavy atom. The van der Waals surface area contributed by atoms with Crippen LogP contribution in [0, 0.1) is 24.4 Å². The second kappa shape index (κ2) is 6.21. The fourth-order valence-corrected chi connectivity index (χ4v) is 1.46. The van der Waals surface area contributed by atoms with Crippen molar-refractivity contribution in [1.29, 1.82) is 0 Å². The maximum atomic E-state index is 13.3. The van der Waals surface area contributed by atoms with E-state index in [4.69, 9.17) is 4.74 Å². The molecule has 0 bridgehead atoms. The Morgan fingerprint density at radius 2 is 2.00 bits per heavy atom. The topological polar surface area (TPSA) is 64.1 Å². The molecule has 0 aliphatic carbocycles. The number of carbonyl (C=O) groups is 1. The number of nitrogens with zero attached hydrogens (tertiary/aromatic N) is 2. The zero-order chi connectivity index (χ0) is 15.4. The molecule has 2 rings (SSSR count). The Kier molecular flexibility index (Phi) is 4.36. The van der Waals surface area contributed by atoms with Crippen LogP contribution in [0.5, 0.6) is 5.88 Å². The van der Waals surface area contributed by atoms with E-state index in [9.17, 15) is 18.0 Å². The molecular weight excluding hydrogens is 287 g/mol. The highest BCUT2D eigenvalue weighted by Crippen LogP contribution is 2.19. The van der Waals surface area contributed by atoms with Gasteiger partial charge >= 0.3 is 0 Å². The second-order valence-electron chi connectivity index (χ2n) is 4.06. The smallest absolute Gasteiger partial charge is 0.262 e. The Labute approximate surface area is 117 Å². The van der Waals surface area contributed by atoms with Gasteiger partial charge in [-0.25, -0.2) is 23.1 Å². The highest BCUT2D eigenvalue weighted by atomic mass is 19.2. The van der Waals surface area contributed by atoms with E-state index in [-0.39, 0.29) is 5.88 Å².